The highest BCUT2D eigenvalue weighted by molar-refractivity contribution is 7.09. The summed E-state index contributed by atoms with van der Waals surface area (Å²) in [6.45, 7) is 10.4. The van der Waals surface area contributed by atoms with Crippen molar-refractivity contribution >= 4 is 17.3 Å². The summed E-state index contributed by atoms with van der Waals surface area (Å²) >= 11 is 0.982. The second kappa shape index (κ2) is 11.2. The van der Waals surface area contributed by atoms with Gasteiger partial charge in [-0.25, -0.2) is 9.98 Å². The summed E-state index contributed by atoms with van der Waals surface area (Å²) in [6, 6.07) is 8.30. The lowest BCUT2D eigenvalue weighted by molar-refractivity contribution is -0.140. The minimum absolute atomic E-state index is 0.189. The predicted molar refractivity (Wildman–Crippen MR) is 112 cm³/mol. The Morgan fingerprint density at radius 3 is 2.48 bits per heavy atom. The zero-order valence-corrected chi connectivity index (χ0v) is 17.8. The largest absolute Gasteiger partial charge is 0.434 e. The Bertz CT molecular complexity index is 784. The van der Waals surface area contributed by atoms with Crippen LogP contribution in [0.4, 0.5) is 13.2 Å². The zero-order chi connectivity index (χ0) is 21.3. The summed E-state index contributed by atoms with van der Waals surface area (Å²) in [7, 11) is 0. The van der Waals surface area contributed by atoms with Gasteiger partial charge < -0.3 is 10.6 Å². The lowest BCUT2D eigenvalue weighted by Gasteiger charge is -2.18. The summed E-state index contributed by atoms with van der Waals surface area (Å²) in [4.78, 5) is 10.5. The highest BCUT2D eigenvalue weighted by Crippen LogP contribution is 2.29. The van der Waals surface area contributed by atoms with Gasteiger partial charge >= 0.3 is 6.18 Å². The molecule has 1 aromatic heterocycles. The van der Waals surface area contributed by atoms with Crippen molar-refractivity contribution in [3.63, 3.8) is 0 Å². The second-order valence-corrected chi connectivity index (χ2v) is 7.40. The maximum atomic E-state index is 12.7. The van der Waals surface area contributed by atoms with Crippen molar-refractivity contribution in [3.05, 3.63) is 51.5 Å². The average molecular weight is 428 g/mol. The smallest absolute Gasteiger partial charge is 0.357 e. The first-order valence-corrected chi connectivity index (χ1v) is 10.6. The van der Waals surface area contributed by atoms with Gasteiger partial charge in [-0.2, -0.15) is 13.2 Å². The van der Waals surface area contributed by atoms with E-state index < -0.39 is 11.9 Å². The number of nitrogens with one attached hydrogen (secondary N) is 2. The minimum atomic E-state index is -4.41. The van der Waals surface area contributed by atoms with E-state index in [9.17, 15) is 13.2 Å². The van der Waals surface area contributed by atoms with Crippen LogP contribution in [0.1, 0.15) is 42.6 Å². The number of aromatic nitrogens is 1. The summed E-state index contributed by atoms with van der Waals surface area (Å²) in [5.74, 6) is 0.547. The van der Waals surface area contributed by atoms with Crippen LogP contribution in [0.2, 0.25) is 0 Å². The molecule has 5 nitrogen and oxygen atoms in total. The third-order valence-electron chi connectivity index (χ3n) is 4.31. The first kappa shape index (κ1) is 23.2. The average Bonchev–Trinajstić information content (AvgIpc) is 3.18. The zero-order valence-electron chi connectivity index (χ0n) is 17.0. The first-order chi connectivity index (χ1) is 13.9. The van der Waals surface area contributed by atoms with Crippen LogP contribution in [0.25, 0.3) is 0 Å². The van der Waals surface area contributed by atoms with Crippen molar-refractivity contribution in [1.29, 1.82) is 0 Å². The van der Waals surface area contributed by atoms with E-state index in [1.54, 1.807) is 0 Å². The highest BCUT2D eigenvalue weighted by Gasteiger charge is 2.33. The molecule has 2 aromatic rings. The molecule has 9 heteroatoms. The van der Waals surface area contributed by atoms with Crippen molar-refractivity contribution in [2.45, 2.75) is 46.6 Å². The molecule has 160 valence electrons. The molecule has 0 fully saturated rings. The number of benzene rings is 1. The molecule has 0 saturated carbocycles. The Morgan fingerprint density at radius 2 is 1.86 bits per heavy atom. The van der Waals surface area contributed by atoms with E-state index in [4.69, 9.17) is 0 Å². The lowest BCUT2D eigenvalue weighted by atomic mass is 10.1. The predicted octanol–water partition coefficient (Wildman–Crippen LogP) is 4.26. The molecule has 0 amide bonds. The molecule has 2 rings (SSSR count). The number of alkyl halides is 3. The number of aliphatic imine (C=N–C) groups is 1. The van der Waals surface area contributed by atoms with E-state index >= 15 is 0 Å². The van der Waals surface area contributed by atoms with Gasteiger partial charge in [0, 0.05) is 18.5 Å². The lowest BCUT2D eigenvalue weighted by Crippen LogP contribution is -2.36. The van der Waals surface area contributed by atoms with Crippen molar-refractivity contribution in [2.24, 2.45) is 4.99 Å². The molecular weight excluding hydrogens is 399 g/mol. The molecule has 0 unspecified atom stereocenters. The quantitative estimate of drug-likeness (QED) is 0.464. The molecule has 1 aromatic carbocycles. The number of hydrogen-bond donors (Lipinski definition) is 2. The number of rotatable bonds is 9. The molecule has 0 bridgehead atoms. The fraction of sp³-hybridized carbons (Fsp3) is 0.500. The Morgan fingerprint density at radius 1 is 1.14 bits per heavy atom. The number of hydrogen-bond acceptors (Lipinski definition) is 4. The normalized spacial score (nSPS) is 12.4. The van der Waals surface area contributed by atoms with Gasteiger partial charge in [0.15, 0.2) is 11.7 Å². The molecule has 29 heavy (non-hydrogen) atoms. The van der Waals surface area contributed by atoms with Crippen LogP contribution in [0.5, 0.6) is 0 Å². The third kappa shape index (κ3) is 7.66. The van der Waals surface area contributed by atoms with Crippen LogP contribution in [-0.2, 0) is 25.8 Å². The summed E-state index contributed by atoms with van der Waals surface area (Å²) in [5, 5.41) is 7.55. The molecule has 0 aliphatic heterocycles. The van der Waals surface area contributed by atoms with E-state index in [2.05, 4.69) is 51.5 Å². The third-order valence-corrected chi connectivity index (χ3v) is 5.15. The van der Waals surface area contributed by atoms with E-state index in [0.29, 0.717) is 24.1 Å². The number of nitrogens with zero attached hydrogens (tertiary/aromatic N) is 3. The topological polar surface area (TPSA) is 52.6 Å². The molecule has 0 aliphatic carbocycles. The molecule has 0 aliphatic rings. The van der Waals surface area contributed by atoms with Crippen molar-refractivity contribution in [1.82, 2.24) is 20.5 Å². The fourth-order valence-electron chi connectivity index (χ4n) is 2.73. The Labute approximate surface area is 174 Å². The van der Waals surface area contributed by atoms with E-state index in [-0.39, 0.29) is 6.54 Å². The van der Waals surface area contributed by atoms with E-state index in [1.165, 1.54) is 5.56 Å². The molecule has 0 spiro atoms. The van der Waals surface area contributed by atoms with Crippen molar-refractivity contribution < 1.29 is 13.2 Å². The highest BCUT2D eigenvalue weighted by atomic mass is 32.1. The van der Waals surface area contributed by atoms with Gasteiger partial charge in [0.05, 0.1) is 13.1 Å². The molecule has 2 N–H and O–H groups in total. The van der Waals surface area contributed by atoms with Gasteiger partial charge in [0.25, 0.3) is 0 Å². The van der Waals surface area contributed by atoms with Crippen LogP contribution in [-0.4, -0.2) is 35.5 Å². The second-order valence-electron chi connectivity index (χ2n) is 6.45. The van der Waals surface area contributed by atoms with Crippen molar-refractivity contribution in [3.8, 4) is 0 Å². The maximum absolute atomic E-state index is 12.7. The molecule has 0 atom stereocenters. The maximum Gasteiger partial charge on any atom is 0.434 e. The van der Waals surface area contributed by atoms with E-state index in [0.717, 1.165) is 41.9 Å². The van der Waals surface area contributed by atoms with Gasteiger partial charge in [0.2, 0.25) is 0 Å². The Hall–Kier alpha value is -2.13. The summed E-state index contributed by atoms with van der Waals surface area (Å²) in [5.41, 5.74) is 1.47. The van der Waals surface area contributed by atoms with Gasteiger partial charge in [-0.15, -0.1) is 11.3 Å². The number of halogens is 3. The van der Waals surface area contributed by atoms with Crippen LogP contribution >= 0.6 is 11.3 Å². The van der Waals surface area contributed by atoms with Gasteiger partial charge in [-0.1, -0.05) is 38.1 Å². The van der Waals surface area contributed by atoms with Crippen LogP contribution in [0.15, 0.2) is 34.6 Å². The fourth-order valence-corrected chi connectivity index (χ4v) is 3.47. The van der Waals surface area contributed by atoms with Gasteiger partial charge in [0.1, 0.15) is 5.01 Å². The van der Waals surface area contributed by atoms with Crippen LogP contribution in [0, 0.1) is 0 Å². The summed E-state index contributed by atoms with van der Waals surface area (Å²) < 4.78 is 38.0. The van der Waals surface area contributed by atoms with Crippen LogP contribution in [0.3, 0.4) is 0 Å². The number of guanidine groups is 1. The Balaban J connectivity index is 1.99. The standard InChI is InChI=1S/C20H28F3N5S/c1-4-24-19(26-12-18-27-17(14-29-18)20(21,22)23)25-11-15-8-7-9-16(10-15)13-28(5-2)6-3/h7-10,14H,4-6,11-13H2,1-3H3,(H2,24,25,26). The molecular formula is C20H28F3N5S. The van der Waals surface area contributed by atoms with Crippen LogP contribution < -0.4 is 10.6 Å². The van der Waals surface area contributed by atoms with Crippen molar-refractivity contribution in [2.75, 3.05) is 19.6 Å². The Kier molecular flexibility index (Phi) is 8.91. The van der Waals surface area contributed by atoms with E-state index in [1.807, 2.05) is 19.1 Å². The molecule has 1 heterocycles. The monoisotopic (exact) mass is 427 g/mol. The molecule has 0 saturated heterocycles. The number of thiazole rings is 1. The minimum Gasteiger partial charge on any atom is -0.357 e. The molecule has 0 radical (unpaired) electrons. The van der Waals surface area contributed by atoms with Gasteiger partial charge in [-0.3, -0.25) is 4.90 Å². The van der Waals surface area contributed by atoms with Gasteiger partial charge in [-0.05, 0) is 31.1 Å². The first-order valence-electron chi connectivity index (χ1n) is 9.69. The summed E-state index contributed by atoms with van der Waals surface area (Å²) in [6.07, 6.45) is -4.41. The SMILES string of the molecule is CCNC(=NCc1cccc(CN(CC)CC)c1)NCc1nc(C(F)(F)F)cs1.